The van der Waals surface area contributed by atoms with Crippen LogP contribution in [0.4, 0.5) is 0 Å². The molecule has 1 heterocycles. The fourth-order valence-corrected chi connectivity index (χ4v) is 1.91. The number of carbonyl (C=O) groups is 2. The van der Waals surface area contributed by atoms with Crippen LogP contribution < -0.4 is 5.32 Å². The van der Waals surface area contributed by atoms with Gasteiger partial charge >= 0.3 is 5.97 Å². The van der Waals surface area contributed by atoms with Crippen LogP contribution in [-0.4, -0.2) is 27.5 Å². The van der Waals surface area contributed by atoms with Crippen molar-refractivity contribution >= 4 is 23.2 Å². The van der Waals surface area contributed by atoms with Crippen molar-refractivity contribution in [2.75, 3.05) is 0 Å². The van der Waals surface area contributed by atoms with Crippen molar-refractivity contribution in [3.63, 3.8) is 0 Å². The zero-order chi connectivity index (χ0) is 13.1. The molecule has 2 N–H and O–H groups in total. The van der Waals surface area contributed by atoms with Gasteiger partial charge < -0.3 is 10.4 Å². The normalized spacial score (nSPS) is 14.1. The van der Waals surface area contributed by atoms with Crippen LogP contribution >= 0.6 is 11.3 Å². The lowest BCUT2D eigenvalue weighted by Gasteiger charge is -2.24. The smallest absolute Gasteiger partial charge is 0.329 e. The van der Waals surface area contributed by atoms with Gasteiger partial charge in [-0.1, -0.05) is 6.92 Å². The maximum Gasteiger partial charge on any atom is 0.329 e. The molecule has 0 aliphatic rings. The number of rotatable bonds is 5. The van der Waals surface area contributed by atoms with Gasteiger partial charge in [-0.05, 0) is 20.3 Å². The summed E-state index contributed by atoms with van der Waals surface area (Å²) in [5.41, 5.74) is -0.531. The molecule has 1 aromatic heterocycles. The zero-order valence-corrected chi connectivity index (χ0v) is 10.9. The average Bonchev–Trinajstić information content (AvgIpc) is 2.63. The van der Waals surface area contributed by atoms with Crippen LogP contribution in [0, 0.1) is 6.92 Å². The van der Waals surface area contributed by atoms with Gasteiger partial charge in [0.2, 0.25) is 5.91 Å². The first-order chi connectivity index (χ1) is 7.87. The number of thiazole rings is 1. The third-order valence-electron chi connectivity index (χ3n) is 2.60. The maximum absolute atomic E-state index is 11.7. The Kier molecular flexibility index (Phi) is 4.22. The highest BCUT2D eigenvalue weighted by atomic mass is 32.1. The minimum atomic E-state index is -1.21. The topological polar surface area (TPSA) is 79.3 Å². The third-order valence-corrected chi connectivity index (χ3v) is 3.43. The number of carboxylic acid groups (broad SMARTS) is 1. The molecule has 0 bridgehead atoms. The summed E-state index contributed by atoms with van der Waals surface area (Å²) in [5.74, 6) is -1.34. The first kappa shape index (κ1) is 13.6. The number of aryl methyl sites for hydroxylation is 1. The second-order valence-electron chi connectivity index (χ2n) is 4.07. The van der Waals surface area contributed by atoms with E-state index in [1.54, 1.807) is 12.3 Å². The summed E-state index contributed by atoms with van der Waals surface area (Å²) < 4.78 is 0. The molecule has 1 amide bonds. The van der Waals surface area contributed by atoms with E-state index in [4.69, 9.17) is 5.11 Å². The highest BCUT2D eigenvalue weighted by molar-refractivity contribution is 7.09. The van der Waals surface area contributed by atoms with Crippen LogP contribution in [0.1, 0.15) is 31.0 Å². The molecule has 0 fully saturated rings. The van der Waals surface area contributed by atoms with E-state index < -0.39 is 11.5 Å². The van der Waals surface area contributed by atoms with Gasteiger partial charge in [0, 0.05) is 5.38 Å². The Labute approximate surface area is 104 Å². The van der Waals surface area contributed by atoms with Gasteiger partial charge in [0.1, 0.15) is 5.54 Å². The number of amides is 1. The minimum absolute atomic E-state index is 0.118. The van der Waals surface area contributed by atoms with E-state index >= 15 is 0 Å². The molecular formula is C11H16N2O3S. The number of carboxylic acids is 1. The van der Waals surface area contributed by atoms with E-state index in [1.807, 2.05) is 6.92 Å². The molecule has 1 rings (SSSR count). The van der Waals surface area contributed by atoms with Gasteiger partial charge in [-0.15, -0.1) is 11.3 Å². The summed E-state index contributed by atoms with van der Waals surface area (Å²) >= 11 is 1.47. The number of hydrogen-bond acceptors (Lipinski definition) is 4. The Morgan fingerprint density at radius 3 is 2.65 bits per heavy atom. The zero-order valence-electron chi connectivity index (χ0n) is 10.1. The second kappa shape index (κ2) is 5.27. The lowest BCUT2D eigenvalue weighted by molar-refractivity contribution is -0.146. The third kappa shape index (κ3) is 3.52. The summed E-state index contributed by atoms with van der Waals surface area (Å²) in [6.45, 7) is 5.08. The van der Waals surface area contributed by atoms with Crippen molar-refractivity contribution in [2.24, 2.45) is 0 Å². The van der Waals surface area contributed by atoms with E-state index in [9.17, 15) is 9.59 Å². The standard InChI is InChI=1S/C11H16N2O3S/c1-4-11(3,10(15)16)13-9(14)5-8-6-17-7(2)12-8/h6H,4-5H2,1-3H3,(H,13,14)(H,15,16). The molecule has 1 aromatic rings. The number of aromatic nitrogens is 1. The van der Waals surface area contributed by atoms with Gasteiger partial charge in [0.15, 0.2) is 0 Å². The van der Waals surface area contributed by atoms with Gasteiger partial charge in [-0.25, -0.2) is 9.78 Å². The molecule has 1 atom stereocenters. The molecule has 6 heteroatoms. The molecule has 0 saturated heterocycles. The van der Waals surface area contributed by atoms with Gasteiger partial charge in [0.25, 0.3) is 0 Å². The molecule has 0 aromatic carbocycles. The van der Waals surface area contributed by atoms with Crippen molar-refractivity contribution in [3.05, 3.63) is 16.1 Å². The SMILES string of the molecule is CCC(C)(NC(=O)Cc1csc(C)n1)C(=O)O. The maximum atomic E-state index is 11.7. The Bertz CT molecular complexity index is 430. The number of nitrogens with zero attached hydrogens (tertiary/aromatic N) is 1. The number of hydrogen-bond donors (Lipinski definition) is 2. The first-order valence-corrected chi connectivity index (χ1v) is 6.20. The van der Waals surface area contributed by atoms with Crippen LogP contribution in [0.25, 0.3) is 0 Å². The fraction of sp³-hybridized carbons (Fsp3) is 0.545. The van der Waals surface area contributed by atoms with E-state index in [0.29, 0.717) is 12.1 Å². The predicted molar refractivity (Wildman–Crippen MR) is 65.0 cm³/mol. The Hall–Kier alpha value is -1.43. The number of aliphatic carboxylic acids is 1. The summed E-state index contributed by atoms with van der Waals surface area (Å²) in [4.78, 5) is 26.9. The predicted octanol–water partition coefficient (Wildman–Crippen LogP) is 1.36. The van der Waals surface area contributed by atoms with E-state index in [2.05, 4.69) is 10.3 Å². The molecule has 17 heavy (non-hydrogen) atoms. The van der Waals surface area contributed by atoms with Gasteiger partial charge in [-0.3, -0.25) is 4.79 Å². The summed E-state index contributed by atoms with van der Waals surface area (Å²) in [7, 11) is 0. The Balaban J connectivity index is 2.63. The number of carbonyl (C=O) groups excluding carboxylic acids is 1. The Morgan fingerprint density at radius 2 is 2.24 bits per heavy atom. The molecule has 0 saturated carbocycles. The fourth-order valence-electron chi connectivity index (χ4n) is 1.30. The molecular weight excluding hydrogens is 240 g/mol. The highest BCUT2D eigenvalue weighted by Gasteiger charge is 2.32. The monoisotopic (exact) mass is 256 g/mol. The van der Waals surface area contributed by atoms with Crippen molar-refractivity contribution in [3.8, 4) is 0 Å². The van der Waals surface area contributed by atoms with E-state index in [0.717, 1.165) is 5.01 Å². The van der Waals surface area contributed by atoms with Gasteiger partial charge in [0.05, 0.1) is 17.1 Å². The lowest BCUT2D eigenvalue weighted by atomic mass is 9.99. The molecule has 94 valence electrons. The molecule has 0 spiro atoms. The molecule has 1 unspecified atom stereocenters. The van der Waals surface area contributed by atoms with Crippen LogP contribution in [0.2, 0.25) is 0 Å². The molecule has 5 nitrogen and oxygen atoms in total. The van der Waals surface area contributed by atoms with Crippen molar-refractivity contribution in [1.29, 1.82) is 0 Å². The Morgan fingerprint density at radius 1 is 1.59 bits per heavy atom. The van der Waals surface area contributed by atoms with Crippen LogP contribution in [0.3, 0.4) is 0 Å². The van der Waals surface area contributed by atoms with Crippen LogP contribution in [0.15, 0.2) is 5.38 Å². The molecule has 0 aliphatic carbocycles. The van der Waals surface area contributed by atoms with E-state index in [1.165, 1.54) is 18.3 Å². The van der Waals surface area contributed by atoms with Crippen molar-refractivity contribution < 1.29 is 14.7 Å². The van der Waals surface area contributed by atoms with Crippen molar-refractivity contribution in [1.82, 2.24) is 10.3 Å². The second-order valence-corrected chi connectivity index (χ2v) is 5.14. The average molecular weight is 256 g/mol. The first-order valence-electron chi connectivity index (χ1n) is 5.33. The molecule has 0 aliphatic heterocycles. The quantitative estimate of drug-likeness (QED) is 0.833. The van der Waals surface area contributed by atoms with Crippen molar-refractivity contribution in [2.45, 2.75) is 39.2 Å². The number of nitrogens with one attached hydrogen (secondary N) is 1. The van der Waals surface area contributed by atoms with Crippen LogP contribution in [-0.2, 0) is 16.0 Å². The molecule has 0 radical (unpaired) electrons. The minimum Gasteiger partial charge on any atom is -0.480 e. The van der Waals surface area contributed by atoms with Gasteiger partial charge in [-0.2, -0.15) is 0 Å². The summed E-state index contributed by atoms with van der Waals surface area (Å²) in [6.07, 6.45) is 0.456. The largest absolute Gasteiger partial charge is 0.480 e. The highest BCUT2D eigenvalue weighted by Crippen LogP contribution is 2.11. The lowest BCUT2D eigenvalue weighted by Crippen LogP contribution is -2.52. The summed E-state index contributed by atoms with van der Waals surface area (Å²) in [5, 5.41) is 14.2. The van der Waals surface area contributed by atoms with Crippen LogP contribution in [0.5, 0.6) is 0 Å². The summed E-state index contributed by atoms with van der Waals surface area (Å²) in [6, 6.07) is 0. The van der Waals surface area contributed by atoms with E-state index in [-0.39, 0.29) is 12.3 Å².